The fourth-order valence-corrected chi connectivity index (χ4v) is 2.37. The highest BCUT2D eigenvalue weighted by atomic mass is 16.5. The predicted molar refractivity (Wildman–Crippen MR) is 101 cm³/mol. The molecular formula is C20H23NO6. The van der Waals surface area contributed by atoms with Gasteiger partial charge in [0.15, 0.2) is 17.6 Å². The third-order valence-electron chi connectivity index (χ3n) is 3.89. The van der Waals surface area contributed by atoms with Crippen LogP contribution in [0.25, 0.3) is 0 Å². The Labute approximate surface area is 158 Å². The molecule has 0 aliphatic carbocycles. The molecule has 1 N–H and O–H groups in total. The Morgan fingerprint density at radius 1 is 0.963 bits per heavy atom. The third kappa shape index (κ3) is 4.91. The Kier molecular flexibility index (Phi) is 6.65. The molecule has 0 bridgehead atoms. The van der Waals surface area contributed by atoms with E-state index in [4.69, 9.17) is 18.9 Å². The van der Waals surface area contributed by atoms with E-state index in [0.717, 1.165) is 5.56 Å². The Morgan fingerprint density at radius 3 is 2.11 bits per heavy atom. The highest BCUT2D eigenvalue weighted by Gasteiger charge is 2.22. The summed E-state index contributed by atoms with van der Waals surface area (Å²) in [6, 6.07) is 10.3. The third-order valence-corrected chi connectivity index (χ3v) is 3.89. The molecule has 0 heterocycles. The smallest absolute Gasteiger partial charge is 0.340 e. The van der Waals surface area contributed by atoms with E-state index in [1.54, 1.807) is 19.1 Å². The van der Waals surface area contributed by atoms with Crippen LogP contribution in [-0.4, -0.2) is 39.3 Å². The SMILES string of the molecule is COC(=O)c1cc(OC)c(OC)cc1NC(=O)[C@H](C)Oc1ccc(C)cc1. The molecule has 0 aliphatic rings. The summed E-state index contributed by atoms with van der Waals surface area (Å²) in [6.45, 7) is 3.58. The zero-order chi connectivity index (χ0) is 20.0. The monoisotopic (exact) mass is 373 g/mol. The summed E-state index contributed by atoms with van der Waals surface area (Å²) in [5.41, 5.74) is 1.47. The summed E-state index contributed by atoms with van der Waals surface area (Å²) >= 11 is 0. The Morgan fingerprint density at radius 2 is 1.56 bits per heavy atom. The van der Waals surface area contributed by atoms with E-state index in [1.807, 2.05) is 19.1 Å². The van der Waals surface area contributed by atoms with Gasteiger partial charge in [0.1, 0.15) is 5.75 Å². The normalized spacial score (nSPS) is 11.3. The molecule has 0 aliphatic heterocycles. The number of aryl methyl sites for hydroxylation is 1. The second-order valence-corrected chi connectivity index (χ2v) is 5.81. The van der Waals surface area contributed by atoms with Gasteiger partial charge in [0.25, 0.3) is 5.91 Å². The number of methoxy groups -OCH3 is 3. The molecule has 0 aromatic heterocycles. The Hall–Kier alpha value is -3.22. The summed E-state index contributed by atoms with van der Waals surface area (Å²) in [6.07, 6.45) is -0.786. The number of carbonyl (C=O) groups is 2. The van der Waals surface area contributed by atoms with E-state index in [-0.39, 0.29) is 11.3 Å². The van der Waals surface area contributed by atoms with E-state index in [0.29, 0.717) is 17.2 Å². The summed E-state index contributed by atoms with van der Waals surface area (Å²) < 4.78 is 20.9. The van der Waals surface area contributed by atoms with Crippen LogP contribution in [0.2, 0.25) is 0 Å². The lowest BCUT2D eigenvalue weighted by molar-refractivity contribution is -0.122. The molecule has 2 rings (SSSR count). The lowest BCUT2D eigenvalue weighted by Crippen LogP contribution is -2.30. The van der Waals surface area contributed by atoms with Gasteiger partial charge in [-0.1, -0.05) is 17.7 Å². The number of carbonyl (C=O) groups excluding carboxylic acids is 2. The van der Waals surface area contributed by atoms with Gasteiger partial charge in [-0.05, 0) is 26.0 Å². The maximum Gasteiger partial charge on any atom is 0.340 e. The van der Waals surface area contributed by atoms with Crippen LogP contribution in [0, 0.1) is 6.92 Å². The zero-order valence-electron chi connectivity index (χ0n) is 16.0. The summed E-state index contributed by atoms with van der Waals surface area (Å²) in [7, 11) is 4.17. The van der Waals surface area contributed by atoms with Crippen molar-refractivity contribution in [3.63, 3.8) is 0 Å². The minimum atomic E-state index is -0.786. The molecule has 0 spiro atoms. The van der Waals surface area contributed by atoms with E-state index in [9.17, 15) is 9.59 Å². The molecule has 0 saturated carbocycles. The number of anilines is 1. The van der Waals surface area contributed by atoms with Crippen molar-refractivity contribution < 1.29 is 28.5 Å². The van der Waals surface area contributed by atoms with E-state index in [2.05, 4.69) is 5.32 Å². The molecule has 0 saturated heterocycles. The summed E-state index contributed by atoms with van der Waals surface area (Å²) in [5, 5.41) is 2.68. The lowest BCUT2D eigenvalue weighted by atomic mass is 10.1. The number of ether oxygens (including phenoxy) is 4. The molecule has 7 heteroatoms. The standard InChI is InChI=1S/C20H23NO6/c1-12-6-8-14(9-7-12)27-13(2)19(22)21-16-11-18(25-4)17(24-3)10-15(16)20(23)26-5/h6-11,13H,1-5H3,(H,21,22)/t13-/m0/s1. The van der Waals surface area contributed by atoms with Gasteiger partial charge >= 0.3 is 5.97 Å². The topological polar surface area (TPSA) is 83.1 Å². The van der Waals surface area contributed by atoms with E-state index >= 15 is 0 Å². The molecule has 7 nitrogen and oxygen atoms in total. The number of amides is 1. The van der Waals surface area contributed by atoms with Crippen molar-refractivity contribution in [2.75, 3.05) is 26.6 Å². The van der Waals surface area contributed by atoms with Crippen LogP contribution >= 0.6 is 0 Å². The van der Waals surface area contributed by atoms with Gasteiger partial charge in [-0.3, -0.25) is 4.79 Å². The molecule has 2 aromatic rings. The van der Waals surface area contributed by atoms with Crippen molar-refractivity contribution in [2.24, 2.45) is 0 Å². The molecule has 27 heavy (non-hydrogen) atoms. The molecule has 0 fully saturated rings. The fourth-order valence-electron chi connectivity index (χ4n) is 2.37. The Balaban J connectivity index is 2.24. The predicted octanol–water partition coefficient (Wildman–Crippen LogP) is 3.20. The molecule has 1 amide bonds. The van der Waals surface area contributed by atoms with Crippen molar-refractivity contribution in [1.82, 2.24) is 0 Å². The van der Waals surface area contributed by atoms with Crippen molar-refractivity contribution in [3.8, 4) is 17.2 Å². The number of esters is 1. The Bertz CT molecular complexity index is 816. The molecular weight excluding hydrogens is 350 g/mol. The molecule has 0 unspecified atom stereocenters. The van der Waals surface area contributed by atoms with E-state index in [1.165, 1.54) is 33.5 Å². The van der Waals surface area contributed by atoms with Crippen molar-refractivity contribution >= 4 is 17.6 Å². The minimum Gasteiger partial charge on any atom is -0.493 e. The highest BCUT2D eigenvalue weighted by Crippen LogP contribution is 2.34. The number of hydrogen-bond donors (Lipinski definition) is 1. The quantitative estimate of drug-likeness (QED) is 0.751. The lowest BCUT2D eigenvalue weighted by Gasteiger charge is -2.18. The largest absolute Gasteiger partial charge is 0.493 e. The van der Waals surface area contributed by atoms with Crippen LogP contribution in [-0.2, 0) is 9.53 Å². The number of nitrogens with one attached hydrogen (secondary N) is 1. The molecule has 0 radical (unpaired) electrons. The van der Waals surface area contributed by atoms with Crippen molar-refractivity contribution in [2.45, 2.75) is 20.0 Å². The molecule has 2 aromatic carbocycles. The highest BCUT2D eigenvalue weighted by molar-refractivity contribution is 6.03. The van der Waals surface area contributed by atoms with Crippen LogP contribution in [0.5, 0.6) is 17.2 Å². The average molecular weight is 373 g/mol. The molecule has 144 valence electrons. The van der Waals surface area contributed by atoms with Gasteiger partial charge in [0.2, 0.25) is 0 Å². The zero-order valence-corrected chi connectivity index (χ0v) is 16.0. The van der Waals surface area contributed by atoms with Gasteiger partial charge in [-0.15, -0.1) is 0 Å². The number of rotatable bonds is 7. The first-order chi connectivity index (χ1) is 12.9. The van der Waals surface area contributed by atoms with Gasteiger partial charge in [0.05, 0.1) is 32.6 Å². The van der Waals surface area contributed by atoms with Gasteiger partial charge in [0, 0.05) is 12.1 Å². The van der Waals surface area contributed by atoms with Crippen LogP contribution in [0.4, 0.5) is 5.69 Å². The van der Waals surface area contributed by atoms with Crippen LogP contribution < -0.4 is 19.5 Å². The summed E-state index contributed by atoms with van der Waals surface area (Å²) in [5.74, 6) is 0.252. The number of benzene rings is 2. The first-order valence-corrected chi connectivity index (χ1v) is 8.28. The van der Waals surface area contributed by atoms with Crippen LogP contribution in [0.15, 0.2) is 36.4 Å². The average Bonchev–Trinajstić information content (AvgIpc) is 2.68. The van der Waals surface area contributed by atoms with Crippen molar-refractivity contribution in [1.29, 1.82) is 0 Å². The maximum atomic E-state index is 12.5. The van der Waals surface area contributed by atoms with Crippen molar-refractivity contribution in [3.05, 3.63) is 47.5 Å². The first kappa shape index (κ1) is 20.1. The van der Waals surface area contributed by atoms with Crippen LogP contribution in [0.1, 0.15) is 22.8 Å². The van der Waals surface area contributed by atoms with Gasteiger partial charge in [-0.2, -0.15) is 0 Å². The molecule has 1 atom stereocenters. The number of hydrogen-bond acceptors (Lipinski definition) is 6. The maximum absolute atomic E-state index is 12.5. The second kappa shape index (κ2) is 8.93. The summed E-state index contributed by atoms with van der Waals surface area (Å²) in [4.78, 5) is 24.6. The van der Waals surface area contributed by atoms with Gasteiger partial charge in [-0.25, -0.2) is 4.79 Å². The second-order valence-electron chi connectivity index (χ2n) is 5.81. The fraction of sp³-hybridized carbons (Fsp3) is 0.300. The first-order valence-electron chi connectivity index (χ1n) is 8.28. The van der Waals surface area contributed by atoms with Crippen LogP contribution in [0.3, 0.4) is 0 Å². The minimum absolute atomic E-state index is 0.144. The van der Waals surface area contributed by atoms with E-state index < -0.39 is 18.0 Å². The van der Waals surface area contributed by atoms with Gasteiger partial charge < -0.3 is 24.3 Å².